The fourth-order valence-corrected chi connectivity index (χ4v) is 0.641. The predicted molar refractivity (Wildman–Crippen MR) is 33.8 cm³/mol. The zero-order chi connectivity index (χ0) is 5.98. The lowest BCUT2D eigenvalue weighted by atomic mass is 9.97. The summed E-state index contributed by atoms with van der Waals surface area (Å²) in [6, 6.07) is 0. The fraction of sp³-hybridized carbons (Fsp3) is 0.833. The van der Waals surface area contributed by atoms with E-state index in [9.17, 15) is 0 Å². The van der Waals surface area contributed by atoms with Gasteiger partial charge in [-0.3, -0.25) is 0 Å². The Labute approximate surface area is 50.0 Å². The standard InChI is InChI=1S/C6H11N2/c1-5-3-7-8-4-6(5)2/h3,5-6H,4H2,1-2H3. The van der Waals surface area contributed by atoms with Crippen LogP contribution in [0.15, 0.2) is 5.10 Å². The number of hydrogen-bond acceptors (Lipinski definition) is 1. The summed E-state index contributed by atoms with van der Waals surface area (Å²) in [7, 11) is 0. The molecule has 0 saturated carbocycles. The minimum atomic E-state index is 0.618. The number of rotatable bonds is 0. The Morgan fingerprint density at radius 3 is 2.62 bits per heavy atom. The summed E-state index contributed by atoms with van der Waals surface area (Å²) in [6.07, 6.45) is 1.91. The lowest BCUT2D eigenvalue weighted by molar-refractivity contribution is 0.426. The Morgan fingerprint density at radius 1 is 1.50 bits per heavy atom. The van der Waals surface area contributed by atoms with Crippen molar-refractivity contribution in [3.05, 3.63) is 0 Å². The van der Waals surface area contributed by atoms with E-state index in [1.807, 2.05) is 6.21 Å². The van der Waals surface area contributed by atoms with E-state index in [0.29, 0.717) is 11.8 Å². The molecule has 2 heteroatoms. The predicted octanol–water partition coefficient (Wildman–Crippen LogP) is 0.862. The Balaban J connectivity index is 2.47. The molecule has 0 N–H and O–H groups in total. The second-order valence-electron chi connectivity index (χ2n) is 2.42. The van der Waals surface area contributed by atoms with Crippen molar-refractivity contribution in [2.24, 2.45) is 16.9 Å². The van der Waals surface area contributed by atoms with Crippen LogP contribution in [-0.4, -0.2) is 12.8 Å². The van der Waals surface area contributed by atoms with Crippen LogP contribution in [0, 0.1) is 11.8 Å². The highest BCUT2D eigenvalue weighted by molar-refractivity contribution is 5.60. The van der Waals surface area contributed by atoms with E-state index in [1.54, 1.807) is 0 Å². The van der Waals surface area contributed by atoms with Crippen LogP contribution in [0.4, 0.5) is 0 Å². The second kappa shape index (κ2) is 2.16. The highest BCUT2D eigenvalue weighted by Crippen LogP contribution is 2.09. The summed E-state index contributed by atoms with van der Waals surface area (Å²) in [5, 5.41) is 3.81. The van der Waals surface area contributed by atoms with Crippen LogP contribution in [0.1, 0.15) is 13.8 Å². The lowest BCUT2D eigenvalue weighted by Gasteiger charge is -2.17. The molecule has 1 radical (unpaired) electrons. The van der Waals surface area contributed by atoms with Crippen molar-refractivity contribution in [3.63, 3.8) is 0 Å². The molecule has 0 amide bonds. The summed E-state index contributed by atoms with van der Waals surface area (Å²) in [4.78, 5) is 0. The van der Waals surface area contributed by atoms with Crippen LogP contribution in [-0.2, 0) is 0 Å². The molecular weight excluding hydrogens is 100 g/mol. The largest absolute Gasteiger partial charge is 0.189 e. The van der Waals surface area contributed by atoms with Crippen LogP contribution in [0.5, 0.6) is 0 Å². The van der Waals surface area contributed by atoms with Gasteiger partial charge in [-0.15, -0.1) is 0 Å². The van der Waals surface area contributed by atoms with Crippen molar-refractivity contribution < 1.29 is 0 Å². The van der Waals surface area contributed by atoms with E-state index in [1.165, 1.54) is 0 Å². The SMILES string of the molecule is CC1C=N[N]CC1C. The topological polar surface area (TPSA) is 26.5 Å². The quantitative estimate of drug-likeness (QED) is 0.443. The van der Waals surface area contributed by atoms with Gasteiger partial charge >= 0.3 is 0 Å². The van der Waals surface area contributed by atoms with Crippen LogP contribution in [0.25, 0.3) is 0 Å². The van der Waals surface area contributed by atoms with E-state index in [-0.39, 0.29) is 0 Å². The van der Waals surface area contributed by atoms with Gasteiger partial charge in [0.25, 0.3) is 0 Å². The van der Waals surface area contributed by atoms with Crippen molar-refractivity contribution in [2.75, 3.05) is 6.54 Å². The van der Waals surface area contributed by atoms with Crippen LogP contribution < -0.4 is 5.43 Å². The van der Waals surface area contributed by atoms with Gasteiger partial charge in [-0.25, -0.2) is 0 Å². The normalized spacial score (nSPS) is 36.8. The Bertz CT molecular complexity index is 98.7. The smallest absolute Gasteiger partial charge is 0.0634 e. The van der Waals surface area contributed by atoms with Gasteiger partial charge in [0.05, 0.1) is 6.54 Å². The summed E-state index contributed by atoms with van der Waals surface area (Å²) < 4.78 is 0. The van der Waals surface area contributed by atoms with Gasteiger partial charge in [0.1, 0.15) is 0 Å². The minimum Gasteiger partial charge on any atom is -0.189 e. The van der Waals surface area contributed by atoms with Gasteiger partial charge in [-0.2, -0.15) is 10.5 Å². The van der Waals surface area contributed by atoms with Crippen molar-refractivity contribution in [2.45, 2.75) is 13.8 Å². The van der Waals surface area contributed by atoms with E-state index in [4.69, 9.17) is 0 Å². The molecule has 0 aromatic rings. The number of nitrogens with zero attached hydrogens (tertiary/aromatic N) is 2. The van der Waals surface area contributed by atoms with Gasteiger partial charge in [0.2, 0.25) is 0 Å². The van der Waals surface area contributed by atoms with Crippen molar-refractivity contribution >= 4 is 6.21 Å². The average molecular weight is 111 g/mol. The monoisotopic (exact) mass is 111 g/mol. The Kier molecular flexibility index (Phi) is 1.51. The third-order valence-corrected chi connectivity index (χ3v) is 1.65. The molecular formula is C6H11N2. The molecule has 2 nitrogen and oxygen atoms in total. The molecule has 0 fully saturated rings. The molecule has 0 aromatic heterocycles. The van der Waals surface area contributed by atoms with Gasteiger partial charge < -0.3 is 0 Å². The van der Waals surface area contributed by atoms with Crippen molar-refractivity contribution in [1.82, 2.24) is 5.43 Å². The molecule has 0 bridgehead atoms. The molecule has 0 aliphatic carbocycles. The van der Waals surface area contributed by atoms with Gasteiger partial charge in [0.15, 0.2) is 0 Å². The van der Waals surface area contributed by atoms with E-state index < -0.39 is 0 Å². The lowest BCUT2D eigenvalue weighted by Crippen LogP contribution is -2.23. The van der Waals surface area contributed by atoms with E-state index >= 15 is 0 Å². The summed E-state index contributed by atoms with van der Waals surface area (Å²) >= 11 is 0. The first kappa shape index (κ1) is 5.60. The van der Waals surface area contributed by atoms with Crippen LogP contribution >= 0.6 is 0 Å². The molecule has 8 heavy (non-hydrogen) atoms. The maximum atomic E-state index is 3.88. The van der Waals surface area contributed by atoms with Crippen LogP contribution in [0.2, 0.25) is 0 Å². The Hall–Kier alpha value is -0.530. The fourth-order valence-electron chi connectivity index (χ4n) is 0.641. The third-order valence-electron chi connectivity index (χ3n) is 1.65. The summed E-state index contributed by atoms with van der Waals surface area (Å²) in [5.41, 5.74) is 3.88. The molecule has 2 atom stereocenters. The molecule has 1 heterocycles. The molecule has 2 unspecified atom stereocenters. The average Bonchev–Trinajstić information content (AvgIpc) is 1.77. The van der Waals surface area contributed by atoms with E-state index in [0.717, 1.165) is 6.54 Å². The highest BCUT2D eigenvalue weighted by Gasteiger charge is 2.12. The summed E-state index contributed by atoms with van der Waals surface area (Å²) in [6.45, 7) is 5.26. The molecule has 0 spiro atoms. The van der Waals surface area contributed by atoms with Gasteiger partial charge in [-0.05, 0) is 11.8 Å². The highest BCUT2D eigenvalue weighted by atomic mass is 15.3. The Morgan fingerprint density at radius 2 is 2.25 bits per heavy atom. The molecule has 1 aliphatic heterocycles. The van der Waals surface area contributed by atoms with Crippen LogP contribution in [0.3, 0.4) is 0 Å². The first-order valence-electron chi connectivity index (χ1n) is 3.00. The second-order valence-corrected chi connectivity index (χ2v) is 2.42. The first-order chi connectivity index (χ1) is 3.80. The van der Waals surface area contributed by atoms with Crippen molar-refractivity contribution in [3.8, 4) is 0 Å². The maximum absolute atomic E-state index is 3.88. The first-order valence-corrected chi connectivity index (χ1v) is 3.00. The zero-order valence-corrected chi connectivity index (χ0v) is 5.33. The molecule has 1 aliphatic rings. The molecule has 0 saturated heterocycles. The number of hydrogen-bond donors (Lipinski definition) is 0. The van der Waals surface area contributed by atoms with Crippen molar-refractivity contribution in [1.29, 1.82) is 0 Å². The molecule has 1 rings (SSSR count). The zero-order valence-electron chi connectivity index (χ0n) is 5.33. The third kappa shape index (κ3) is 0.997. The molecule has 45 valence electrons. The maximum Gasteiger partial charge on any atom is 0.0634 e. The summed E-state index contributed by atoms with van der Waals surface area (Å²) in [5.74, 6) is 1.31. The van der Waals surface area contributed by atoms with Gasteiger partial charge in [-0.1, -0.05) is 13.8 Å². The van der Waals surface area contributed by atoms with E-state index in [2.05, 4.69) is 24.4 Å². The molecule has 0 aromatic carbocycles. The minimum absolute atomic E-state index is 0.618. The van der Waals surface area contributed by atoms with Gasteiger partial charge in [0, 0.05) is 6.21 Å².